The predicted octanol–water partition coefficient (Wildman–Crippen LogP) is 4.42. The molecule has 6 heteroatoms. The average molecular weight is 415 g/mol. The van der Waals surface area contributed by atoms with Crippen molar-refractivity contribution in [3.63, 3.8) is 0 Å². The quantitative estimate of drug-likeness (QED) is 0.598. The van der Waals surface area contributed by atoms with Gasteiger partial charge < -0.3 is 9.47 Å². The van der Waals surface area contributed by atoms with Gasteiger partial charge in [0.2, 0.25) is 0 Å². The molecule has 0 amide bonds. The molecule has 0 unspecified atom stereocenters. The summed E-state index contributed by atoms with van der Waals surface area (Å²) in [6.07, 6.45) is 6.27. The molecule has 3 rings (SSSR count). The fraction of sp³-hybridized carbons (Fsp3) is 0.200. The maximum Gasteiger partial charge on any atom is 0.272 e. The van der Waals surface area contributed by atoms with Crippen molar-refractivity contribution >= 4 is 33.7 Å². The van der Waals surface area contributed by atoms with Crippen LogP contribution in [0, 0.1) is 0 Å². The fourth-order valence-electron chi connectivity index (χ4n) is 2.55. The zero-order valence-electron chi connectivity index (χ0n) is 14.6. The molecule has 0 fully saturated rings. The van der Waals surface area contributed by atoms with Crippen LogP contribution in [-0.2, 0) is 0 Å². The van der Waals surface area contributed by atoms with Gasteiger partial charge in [-0.3, -0.25) is 9.20 Å². The number of rotatable bonds is 6. The summed E-state index contributed by atoms with van der Waals surface area (Å²) in [6.45, 7) is 2.65. The molecular weight excluding hydrogens is 396 g/mol. The van der Waals surface area contributed by atoms with E-state index in [0.717, 1.165) is 12.0 Å². The molecule has 0 aliphatic carbocycles. The number of hydrogen-bond acceptors (Lipinski definition) is 4. The number of ether oxygens (including phenoxy) is 2. The number of halogens is 1. The van der Waals surface area contributed by atoms with Gasteiger partial charge >= 0.3 is 0 Å². The highest BCUT2D eigenvalue weighted by Crippen LogP contribution is 2.32. The van der Waals surface area contributed by atoms with Crippen molar-refractivity contribution < 1.29 is 9.47 Å². The van der Waals surface area contributed by atoms with E-state index in [1.165, 1.54) is 4.40 Å². The van der Waals surface area contributed by atoms with E-state index in [9.17, 15) is 4.79 Å². The zero-order chi connectivity index (χ0) is 18.5. The maximum absolute atomic E-state index is 12.5. The van der Waals surface area contributed by atoms with Crippen LogP contribution >= 0.6 is 15.9 Å². The van der Waals surface area contributed by atoms with Gasteiger partial charge in [0.05, 0.1) is 19.4 Å². The van der Waals surface area contributed by atoms with Crippen LogP contribution in [0.15, 0.2) is 51.9 Å². The van der Waals surface area contributed by atoms with Crippen molar-refractivity contribution in [3.05, 3.63) is 68.7 Å². The summed E-state index contributed by atoms with van der Waals surface area (Å²) in [5.41, 5.74) is 1.86. The minimum absolute atomic E-state index is 0.150. The van der Waals surface area contributed by atoms with E-state index in [4.69, 9.17) is 9.47 Å². The molecule has 0 radical (unpaired) electrons. The van der Waals surface area contributed by atoms with Gasteiger partial charge in [-0.2, -0.15) is 0 Å². The second-order valence-corrected chi connectivity index (χ2v) is 6.40. The Bertz CT molecular complexity index is 1010. The molecule has 0 saturated heterocycles. The Labute approximate surface area is 160 Å². The molecule has 0 N–H and O–H groups in total. The SMILES string of the molecule is CCCOc1c(C=Cc2nc3ccccn3c(=O)c2Br)cccc1OC. The van der Waals surface area contributed by atoms with Gasteiger partial charge in [-0.15, -0.1) is 0 Å². The molecule has 0 aliphatic heterocycles. The first-order valence-electron chi connectivity index (χ1n) is 8.30. The molecule has 1 aromatic carbocycles. The van der Waals surface area contributed by atoms with Gasteiger partial charge in [0, 0.05) is 11.8 Å². The molecule has 2 heterocycles. The first kappa shape index (κ1) is 18.2. The second kappa shape index (κ2) is 8.19. The highest BCUT2D eigenvalue weighted by molar-refractivity contribution is 9.10. The lowest BCUT2D eigenvalue weighted by Crippen LogP contribution is -2.16. The largest absolute Gasteiger partial charge is 0.493 e. The van der Waals surface area contributed by atoms with Crippen LogP contribution in [0.2, 0.25) is 0 Å². The number of benzene rings is 1. The van der Waals surface area contributed by atoms with Crippen LogP contribution in [0.25, 0.3) is 17.8 Å². The Balaban J connectivity index is 2.04. The van der Waals surface area contributed by atoms with Gasteiger partial charge in [0.15, 0.2) is 11.5 Å². The number of pyridine rings is 1. The Morgan fingerprint density at radius 2 is 2.04 bits per heavy atom. The number of aromatic nitrogens is 2. The van der Waals surface area contributed by atoms with Gasteiger partial charge in [-0.1, -0.05) is 25.1 Å². The normalized spacial score (nSPS) is 11.2. The summed E-state index contributed by atoms with van der Waals surface area (Å²) in [5.74, 6) is 1.35. The summed E-state index contributed by atoms with van der Waals surface area (Å²) in [5, 5.41) is 0. The first-order chi connectivity index (χ1) is 12.7. The van der Waals surface area contributed by atoms with E-state index in [2.05, 4.69) is 27.8 Å². The van der Waals surface area contributed by atoms with E-state index in [1.807, 2.05) is 30.3 Å². The molecule has 134 valence electrons. The Morgan fingerprint density at radius 1 is 1.19 bits per heavy atom. The van der Waals surface area contributed by atoms with Crippen LogP contribution < -0.4 is 15.0 Å². The second-order valence-electron chi connectivity index (χ2n) is 5.61. The first-order valence-corrected chi connectivity index (χ1v) is 9.09. The molecule has 26 heavy (non-hydrogen) atoms. The lowest BCUT2D eigenvalue weighted by molar-refractivity contribution is 0.293. The molecule has 0 bridgehead atoms. The van der Waals surface area contributed by atoms with E-state index in [-0.39, 0.29) is 5.56 Å². The predicted molar refractivity (Wildman–Crippen MR) is 107 cm³/mol. The Morgan fingerprint density at radius 3 is 2.81 bits per heavy atom. The van der Waals surface area contributed by atoms with Crippen LogP contribution in [0.1, 0.15) is 24.6 Å². The molecule has 3 aromatic rings. The summed E-state index contributed by atoms with van der Waals surface area (Å²) in [4.78, 5) is 17.0. The lowest BCUT2D eigenvalue weighted by atomic mass is 10.1. The molecule has 2 aromatic heterocycles. The van der Waals surface area contributed by atoms with E-state index in [0.29, 0.717) is 33.9 Å². The minimum atomic E-state index is -0.150. The van der Waals surface area contributed by atoms with Crippen LogP contribution in [0.4, 0.5) is 0 Å². The number of hydrogen-bond donors (Lipinski definition) is 0. The smallest absolute Gasteiger partial charge is 0.272 e. The van der Waals surface area contributed by atoms with Crippen LogP contribution in [0.5, 0.6) is 11.5 Å². The Kier molecular flexibility index (Phi) is 5.73. The van der Waals surface area contributed by atoms with Crippen molar-refractivity contribution in [1.29, 1.82) is 0 Å². The van der Waals surface area contributed by atoms with Crippen molar-refractivity contribution in [2.75, 3.05) is 13.7 Å². The highest BCUT2D eigenvalue weighted by atomic mass is 79.9. The van der Waals surface area contributed by atoms with E-state index >= 15 is 0 Å². The lowest BCUT2D eigenvalue weighted by Gasteiger charge is -2.12. The standard InChI is InChI=1S/C20H19BrN2O3/c1-3-13-26-19-14(7-6-8-16(19)25-2)10-11-15-18(21)20(24)23-12-5-4-9-17(23)22-15/h4-12H,3,13H2,1-2H3. The van der Waals surface area contributed by atoms with Crippen molar-refractivity contribution in [2.24, 2.45) is 0 Å². The van der Waals surface area contributed by atoms with E-state index in [1.54, 1.807) is 31.5 Å². The number of para-hydroxylation sites is 1. The Hall–Kier alpha value is -2.60. The highest BCUT2D eigenvalue weighted by Gasteiger charge is 2.10. The maximum atomic E-state index is 12.5. The van der Waals surface area contributed by atoms with Crippen molar-refractivity contribution in [2.45, 2.75) is 13.3 Å². The van der Waals surface area contributed by atoms with Crippen LogP contribution in [-0.4, -0.2) is 23.1 Å². The molecule has 5 nitrogen and oxygen atoms in total. The van der Waals surface area contributed by atoms with Crippen molar-refractivity contribution in [3.8, 4) is 11.5 Å². The molecule has 0 saturated carbocycles. The van der Waals surface area contributed by atoms with Gasteiger partial charge in [0.1, 0.15) is 10.1 Å². The van der Waals surface area contributed by atoms with Crippen LogP contribution in [0.3, 0.4) is 0 Å². The zero-order valence-corrected chi connectivity index (χ0v) is 16.2. The third-order valence-corrected chi connectivity index (χ3v) is 4.55. The summed E-state index contributed by atoms with van der Waals surface area (Å²) < 4.78 is 13.2. The minimum Gasteiger partial charge on any atom is -0.493 e. The third-order valence-electron chi connectivity index (χ3n) is 3.81. The number of methoxy groups -OCH3 is 1. The molecular formula is C20H19BrN2O3. The van der Waals surface area contributed by atoms with Crippen molar-refractivity contribution in [1.82, 2.24) is 9.38 Å². The molecule has 0 spiro atoms. The molecule has 0 atom stereocenters. The summed E-state index contributed by atoms with van der Waals surface area (Å²) >= 11 is 3.36. The van der Waals surface area contributed by atoms with E-state index < -0.39 is 0 Å². The summed E-state index contributed by atoms with van der Waals surface area (Å²) in [7, 11) is 1.62. The fourth-order valence-corrected chi connectivity index (χ4v) is 2.96. The monoisotopic (exact) mass is 414 g/mol. The number of fused-ring (bicyclic) bond motifs is 1. The third kappa shape index (κ3) is 3.65. The van der Waals surface area contributed by atoms with Gasteiger partial charge in [-0.25, -0.2) is 4.98 Å². The topological polar surface area (TPSA) is 52.8 Å². The van der Waals surface area contributed by atoms with Gasteiger partial charge in [0.25, 0.3) is 5.56 Å². The summed E-state index contributed by atoms with van der Waals surface area (Å²) in [6, 6.07) is 11.1. The average Bonchev–Trinajstić information content (AvgIpc) is 2.68. The number of nitrogens with zero attached hydrogens (tertiary/aromatic N) is 2. The van der Waals surface area contributed by atoms with Gasteiger partial charge in [-0.05, 0) is 52.7 Å². The molecule has 0 aliphatic rings.